The minimum atomic E-state index is -4.85. The van der Waals surface area contributed by atoms with Crippen molar-refractivity contribution in [3.8, 4) is 5.88 Å². The van der Waals surface area contributed by atoms with E-state index in [2.05, 4.69) is 25.7 Å². The molecule has 1 heterocycles. The van der Waals surface area contributed by atoms with Crippen LogP contribution in [0, 0.1) is 5.82 Å². The third-order valence-electron chi connectivity index (χ3n) is 1.00. The van der Waals surface area contributed by atoms with Gasteiger partial charge in [-0.25, -0.2) is 9.37 Å². The number of nitrogens with zero attached hydrogens (tertiary/aromatic N) is 1. The van der Waals surface area contributed by atoms with Gasteiger partial charge < -0.3 is 4.74 Å². The normalized spacial score (nSPS) is 11.5. The van der Waals surface area contributed by atoms with Crippen molar-refractivity contribution < 1.29 is 22.3 Å². The molecule has 0 radical (unpaired) electrons. The molecule has 2 nitrogen and oxygen atoms in total. The average Bonchev–Trinajstić information content (AvgIpc) is 1.94. The van der Waals surface area contributed by atoms with E-state index in [0.29, 0.717) is 6.07 Å². The molecule has 0 aromatic carbocycles. The highest BCUT2D eigenvalue weighted by Gasteiger charge is 2.31. The summed E-state index contributed by atoms with van der Waals surface area (Å²) < 4.78 is 50.7. The van der Waals surface area contributed by atoms with Crippen molar-refractivity contribution in [2.45, 2.75) is 6.36 Å². The van der Waals surface area contributed by atoms with Crippen LogP contribution in [0.5, 0.6) is 5.88 Å². The highest BCUT2D eigenvalue weighted by molar-refractivity contribution is 9.10. The lowest BCUT2D eigenvalue weighted by Crippen LogP contribution is -2.17. The summed E-state index contributed by atoms with van der Waals surface area (Å²) in [6.45, 7) is 0. The summed E-state index contributed by atoms with van der Waals surface area (Å²) in [5, 5.41) is 0. The number of ether oxygens (including phenoxy) is 1. The van der Waals surface area contributed by atoms with Gasteiger partial charge in [0.1, 0.15) is 5.82 Å². The lowest BCUT2D eigenvalue weighted by atomic mass is 10.5. The highest BCUT2D eigenvalue weighted by Crippen LogP contribution is 2.23. The number of hydrogen-bond donors (Lipinski definition) is 0. The zero-order chi connectivity index (χ0) is 10.1. The van der Waals surface area contributed by atoms with Gasteiger partial charge in [0, 0.05) is 12.3 Å². The third-order valence-corrected chi connectivity index (χ3v) is 1.59. The van der Waals surface area contributed by atoms with Crippen LogP contribution in [0.15, 0.2) is 16.7 Å². The van der Waals surface area contributed by atoms with Gasteiger partial charge in [-0.1, -0.05) is 0 Å². The molecule has 7 heteroatoms. The van der Waals surface area contributed by atoms with Crippen molar-refractivity contribution >= 4 is 15.9 Å². The summed E-state index contributed by atoms with van der Waals surface area (Å²) in [4.78, 5) is 3.20. The smallest absolute Gasteiger partial charge is 0.388 e. The van der Waals surface area contributed by atoms with Gasteiger partial charge >= 0.3 is 6.36 Å². The Morgan fingerprint density at radius 3 is 2.46 bits per heavy atom. The Morgan fingerprint density at radius 1 is 1.38 bits per heavy atom. The molecule has 0 aliphatic heterocycles. The fourth-order valence-corrected chi connectivity index (χ4v) is 0.788. The zero-order valence-corrected chi connectivity index (χ0v) is 7.49. The fraction of sp³-hybridized carbons (Fsp3) is 0.167. The molecule has 1 aromatic rings. The molecule has 1 aromatic heterocycles. The summed E-state index contributed by atoms with van der Waals surface area (Å²) in [7, 11) is 0. The summed E-state index contributed by atoms with van der Waals surface area (Å²) >= 11 is 2.73. The molecule has 0 bridgehead atoms. The Kier molecular flexibility index (Phi) is 2.74. The molecule has 0 unspecified atom stereocenters. The standard InChI is InChI=1S/C6H2BrF4NO/c7-3-2-12-5(1-4(3)8)13-6(9,10)11/h1-2H. The molecule has 13 heavy (non-hydrogen) atoms. The average molecular weight is 260 g/mol. The van der Waals surface area contributed by atoms with E-state index in [1.54, 1.807) is 0 Å². The Morgan fingerprint density at radius 2 is 2.00 bits per heavy atom. The Bertz CT molecular complexity index is 314. The Labute approximate surface area is 78.7 Å². The molecule has 1 rings (SSSR count). The number of alkyl halides is 3. The van der Waals surface area contributed by atoms with E-state index < -0.39 is 18.1 Å². The van der Waals surface area contributed by atoms with Crippen LogP contribution in [0.1, 0.15) is 0 Å². The summed E-state index contributed by atoms with van der Waals surface area (Å²) in [5.74, 6) is -1.69. The topological polar surface area (TPSA) is 22.1 Å². The van der Waals surface area contributed by atoms with Crippen LogP contribution in [0.2, 0.25) is 0 Å². The highest BCUT2D eigenvalue weighted by atomic mass is 79.9. The number of hydrogen-bond acceptors (Lipinski definition) is 2. The van der Waals surface area contributed by atoms with Gasteiger partial charge in [-0.15, -0.1) is 13.2 Å². The van der Waals surface area contributed by atoms with Crippen LogP contribution in [0.4, 0.5) is 17.6 Å². The second-order valence-corrected chi connectivity index (χ2v) is 2.84. The first-order chi connectivity index (χ1) is 5.88. The lowest BCUT2D eigenvalue weighted by Gasteiger charge is -2.07. The Hall–Kier alpha value is -0.850. The van der Waals surface area contributed by atoms with Gasteiger partial charge in [-0.05, 0) is 15.9 Å². The molecule has 0 N–H and O–H groups in total. The molecule has 0 atom stereocenters. The first kappa shape index (κ1) is 10.2. The van der Waals surface area contributed by atoms with Gasteiger partial charge in [0.25, 0.3) is 0 Å². The van der Waals surface area contributed by atoms with Gasteiger partial charge in [-0.3, -0.25) is 0 Å². The number of pyridine rings is 1. The zero-order valence-electron chi connectivity index (χ0n) is 5.90. The van der Waals surface area contributed by atoms with Crippen molar-refractivity contribution in [3.05, 3.63) is 22.6 Å². The van der Waals surface area contributed by atoms with Crippen LogP contribution in [0.3, 0.4) is 0 Å². The SMILES string of the molecule is Fc1cc(OC(F)(F)F)ncc1Br. The molecule has 0 aliphatic rings. The molecule has 0 saturated heterocycles. The maximum atomic E-state index is 12.6. The van der Waals surface area contributed by atoms with Crippen molar-refractivity contribution in [1.82, 2.24) is 4.98 Å². The molecule has 0 saturated carbocycles. The van der Waals surface area contributed by atoms with E-state index in [4.69, 9.17) is 0 Å². The van der Waals surface area contributed by atoms with Gasteiger partial charge in [0.15, 0.2) is 0 Å². The van der Waals surface area contributed by atoms with E-state index in [1.165, 1.54) is 0 Å². The van der Waals surface area contributed by atoms with E-state index in [-0.39, 0.29) is 4.47 Å². The monoisotopic (exact) mass is 259 g/mol. The van der Waals surface area contributed by atoms with Crippen molar-refractivity contribution in [2.75, 3.05) is 0 Å². The van der Waals surface area contributed by atoms with Crippen LogP contribution in [0.25, 0.3) is 0 Å². The quantitative estimate of drug-likeness (QED) is 0.724. The third kappa shape index (κ3) is 3.17. The van der Waals surface area contributed by atoms with E-state index in [0.717, 1.165) is 6.20 Å². The molecule has 0 aliphatic carbocycles. The molecule has 0 amide bonds. The number of halogens is 5. The number of aromatic nitrogens is 1. The lowest BCUT2D eigenvalue weighted by molar-refractivity contribution is -0.276. The first-order valence-electron chi connectivity index (χ1n) is 2.95. The molecular weight excluding hydrogens is 258 g/mol. The minimum Gasteiger partial charge on any atom is -0.388 e. The maximum Gasteiger partial charge on any atom is 0.574 e. The molecule has 72 valence electrons. The minimum absolute atomic E-state index is 0.0259. The Balaban J connectivity index is 2.86. The van der Waals surface area contributed by atoms with E-state index in [9.17, 15) is 17.6 Å². The molecular formula is C6H2BrF4NO. The summed E-state index contributed by atoms with van der Waals surface area (Å²) in [6.07, 6.45) is -3.97. The van der Waals surface area contributed by atoms with Crippen molar-refractivity contribution in [3.63, 3.8) is 0 Å². The summed E-state index contributed by atoms with van der Waals surface area (Å²) in [6, 6.07) is 0.539. The predicted octanol–water partition coefficient (Wildman–Crippen LogP) is 2.88. The summed E-state index contributed by atoms with van der Waals surface area (Å²) in [5.41, 5.74) is 0. The number of rotatable bonds is 1. The van der Waals surface area contributed by atoms with E-state index >= 15 is 0 Å². The van der Waals surface area contributed by atoms with Gasteiger partial charge in [0.2, 0.25) is 5.88 Å². The van der Waals surface area contributed by atoms with E-state index in [1.807, 2.05) is 0 Å². The van der Waals surface area contributed by atoms with Crippen LogP contribution < -0.4 is 4.74 Å². The van der Waals surface area contributed by atoms with Crippen LogP contribution in [-0.2, 0) is 0 Å². The maximum absolute atomic E-state index is 12.6. The first-order valence-corrected chi connectivity index (χ1v) is 3.74. The second kappa shape index (κ2) is 3.49. The van der Waals surface area contributed by atoms with Crippen LogP contribution >= 0.6 is 15.9 Å². The molecule has 0 fully saturated rings. The second-order valence-electron chi connectivity index (χ2n) is 1.98. The van der Waals surface area contributed by atoms with Crippen molar-refractivity contribution in [2.24, 2.45) is 0 Å². The largest absolute Gasteiger partial charge is 0.574 e. The fourth-order valence-electron chi connectivity index (χ4n) is 0.571. The molecule has 0 spiro atoms. The van der Waals surface area contributed by atoms with Gasteiger partial charge in [-0.2, -0.15) is 0 Å². The van der Waals surface area contributed by atoms with Crippen molar-refractivity contribution in [1.29, 1.82) is 0 Å². The van der Waals surface area contributed by atoms with Crippen LogP contribution in [-0.4, -0.2) is 11.3 Å². The predicted molar refractivity (Wildman–Crippen MR) is 38.6 cm³/mol. The van der Waals surface area contributed by atoms with Gasteiger partial charge in [0.05, 0.1) is 4.47 Å².